The molecule has 0 radical (unpaired) electrons. The third-order valence-electron chi connectivity index (χ3n) is 4.63. The van der Waals surface area contributed by atoms with Crippen molar-refractivity contribution in [3.8, 4) is 17.3 Å². The molecule has 1 amide bonds. The number of carbonyl (C=O) groups excluding carboxylic acids is 1. The van der Waals surface area contributed by atoms with Crippen LogP contribution < -0.4 is 4.74 Å². The van der Waals surface area contributed by atoms with Gasteiger partial charge in [0.25, 0.3) is 11.8 Å². The normalized spacial score (nSPS) is 16.5. The second-order valence-corrected chi connectivity index (χ2v) is 6.45. The van der Waals surface area contributed by atoms with Crippen LogP contribution >= 0.6 is 0 Å². The molecule has 3 aromatic heterocycles. The van der Waals surface area contributed by atoms with E-state index in [1.54, 1.807) is 37.8 Å². The van der Waals surface area contributed by atoms with Crippen LogP contribution in [0.5, 0.6) is 5.88 Å². The maximum absolute atomic E-state index is 12.6. The summed E-state index contributed by atoms with van der Waals surface area (Å²) in [5, 5.41) is 4.07. The quantitative estimate of drug-likeness (QED) is 0.684. The summed E-state index contributed by atoms with van der Waals surface area (Å²) in [5.74, 6) is 1.93. The van der Waals surface area contributed by atoms with E-state index >= 15 is 0 Å². The number of ether oxygens (including phenoxy) is 1. The number of nitrogens with zero attached hydrogens (tertiary/aromatic N) is 5. The molecule has 4 heterocycles. The third-order valence-corrected chi connectivity index (χ3v) is 4.63. The molecular weight excluding hydrogens is 346 g/mol. The molecule has 1 unspecified atom stereocenters. The number of aromatic nitrogens is 4. The molecule has 0 aromatic carbocycles. The van der Waals surface area contributed by atoms with Crippen molar-refractivity contribution in [3.63, 3.8) is 0 Å². The Hall–Kier alpha value is -3.29. The fourth-order valence-electron chi connectivity index (χ4n) is 3.20. The van der Waals surface area contributed by atoms with E-state index in [1.165, 1.54) is 0 Å². The average molecular weight is 365 g/mol. The fourth-order valence-corrected chi connectivity index (χ4v) is 3.20. The van der Waals surface area contributed by atoms with Crippen LogP contribution in [0.1, 0.15) is 22.6 Å². The maximum Gasteiger partial charge on any atom is 0.258 e. The lowest BCUT2D eigenvalue weighted by Crippen LogP contribution is -2.29. The van der Waals surface area contributed by atoms with Gasteiger partial charge in [0.2, 0.25) is 5.88 Å². The van der Waals surface area contributed by atoms with Crippen molar-refractivity contribution in [1.82, 2.24) is 25.0 Å². The first-order valence-electron chi connectivity index (χ1n) is 8.75. The Bertz CT molecular complexity index is 911. The summed E-state index contributed by atoms with van der Waals surface area (Å²) >= 11 is 0. The van der Waals surface area contributed by atoms with E-state index < -0.39 is 0 Å². The number of carbonyl (C=O) groups is 1. The zero-order chi connectivity index (χ0) is 18.6. The van der Waals surface area contributed by atoms with Gasteiger partial charge in [-0.25, -0.2) is 4.98 Å². The van der Waals surface area contributed by atoms with Gasteiger partial charge >= 0.3 is 0 Å². The Morgan fingerprint density at radius 3 is 2.89 bits per heavy atom. The predicted octanol–water partition coefficient (Wildman–Crippen LogP) is 2.24. The molecular formula is C19H19N5O3. The smallest absolute Gasteiger partial charge is 0.258 e. The lowest BCUT2D eigenvalue weighted by molar-refractivity contribution is 0.0786. The lowest BCUT2D eigenvalue weighted by atomic mass is 10.1. The monoisotopic (exact) mass is 365 g/mol. The molecule has 1 aliphatic heterocycles. The summed E-state index contributed by atoms with van der Waals surface area (Å²) in [6.07, 6.45) is 6.52. The highest BCUT2D eigenvalue weighted by Crippen LogP contribution is 2.23. The molecule has 3 aromatic rings. The second kappa shape index (κ2) is 7.53. The zero-order valence-electron chi connectivity index (χ0n) is 14.9. The molecule has 0 bridgehead atoms. The predicted molar refractivity (Wildman–Crippen MR) is 96.0 cm³/mol. The molecule has 4 rings (SSSR count). The van der Waals surface area contributed by atoms with Crippen LogP contribution in [-0.4, -0.2) is 51.1 Å². The summed E-state index contributed by atoms with van der Waals surface area (Å²) in [4.78, 5) is 27.0. The van der Waals surface area contributed by atoms with Crippen molar-refractivity contribution in [1.29, 1.82) is 0 Å². The summed E-state index contributed by atoms with van der Waals surface area (Å²) in [7, 11) is 1.55. The van der Waals surface area contributed by atoms with Crippen LogP contribution in [0.25, 0.3) is 11.5 Å². The minimum absolute atomic E-state index is 0.0155. The van der Waals surface area contributed by atoms with Gasteiger partial charge in [-0.3, -0.25) is 9.78 Å². The standard InChI is InChI=1S/C19H19N5O3/c1-26-17-3-2-15(11-21-17)19(25)24-9-6-13(12-24)10-16-22-18(27-23-16)14-4-7-20-8-5-14/h2-5,7-8,11,13H,6,9-10,12H2,1H3. The second-order valence-electron chi connectivity index (χ2n) is 6.45. The number of pyridine rings is 2. The topological polar surface area (TPSA) is 94.2 Å². The van der Waals surface area contributed by atoms with Gasteiger partial charge < -0.3 is 14.2 Å². The van der Waals surface area contributed by atoms with Gasteiger partial charge in [0.1, 0.15) is 0 Å². The molecule has 27 heavy (non-hydrogen) atoms. The van der Waals surface area contributed by atoms with E-state index in [-0.39, 0.29) is 5.91 Å². The van der Waals surface area contributed by atoms with Crippen LogP contribution in [-0.2, 0) is 6.42 Å². The van der Waals surface area contributed by atoms with E-state index in [2.05, 4.69) is 20.1 Å². The number of rotatable bonds is 5. The van der Waals surface area contributed by atoms with Gasteiger partial charge in [0.05, 0.1) is 12.7 Å². The van der Waals surface area contributed by atoms with Gasteiger partial charge in [-0.05, 0) is 30.5 Å². The summed E-state index contributed by atoms with van der Waals surface area (Å²) < 4.78 is 10.4. The molecule has 8 nitrogen and oxygen atoms in total. The summed E-state index contributed by atoms with van der Waals surface area (Å²) in [6.45, 7) is 1.38. The summed E-state index contributed by atoms with van der Waals surface area (Å²) in [6, 6.07) is 7.09. The van der Waals surface area contributed by atoms with Gasteiger partial charge in [-0.2, -0.15) is 4.98 Å². The molecule has 138 valence electrons. The molecule has 8 heteroatoms. The summed E-state index contributed by atoms with van der Waals surface area (Å²) in [5.41, 5.74) is 1.41. The number of hydrogen-bond acceptors (Lipinski definition) is 7. The van der Waals surface area contributed by atoms with Crippen molar-refractivity contribution < 1.29 is 14.1 Å². The van der Waals surface area contributed by atoms with Crippen LogP contribution in [0, 0.1) is 5.92 Å². The van der Waals surface area contributed by atoms with Crippen molar-refractivity contribution in [3.05, 3.63) is 54.2 Å². The highest BCUT2D eigenvalue weighted by Gasteiger charge is 2.28. The molecule has 0 spiro atoms. The van der Waals surface area contributed by atoms with Crippen molar-refractivity contribution in [2.45, 2.75) is 12.8 Å². The van der Waals surface area contributed by atoms with Gasteiger partial charge in [-0.15, -0.1) is 0 Å². The molecule has 0 N–H and O–H groups in total. The van der Waals surface area contributed by atoms with Crippen LogP contribution in [0.2, 0.25) is 0 Å². The van der Waals surface area contributed by atoms with E-state index in [0.717, 1.165) is 12.0 Å². The number of hydrogen-bond donors (Lipinski definition) is 0. The molecule has 0 saturated carbocycles. The minimum atomic E-state index is -0.0155. The number of likely N-dealkylation sites (tertiary alicyclic amines) is 1. The number of amides is 1. The van der Waals surface area contributed by atoms with Crippen molar-refractivity contribution >= 4 is 5.91 Å². The molecule has 1 atom stereocenters. The SMILES string of the molecule is COc1ccc(C(=O)N2CCC(Cc3noc(-c4ccncc4)n3)C2)cn1. The average Bonchev–Trinajstić information content (AvgIpc) is 3.38. The Morgan fingerprint density at radius 2 is 2.15 bits per heavy atom. The highest BCUT2D eigenvalue weighted by atomic mass is 16.5. The molecule has 1 saturated heterocycles. The molecule has 1 fully saturated rings. The molecule has 1 aliphatic rings. The Kier molecular flexibility index (Phi) is 4.78. The van der Waals surface area contributed by atoms with Gasteiger partial charge in [-0.1, -0.05) is 5.16 Å². The Morgan fingerprint density at radius 1 is 1.30 bits per heavy atom. The van der Waals surface area contributed by atoms with E-state index in [1.807, 2.05) is 17.0 Å². The largest absolute Gasteiger partial charge is 0.481 e. The first-order valence-corrected chi connectivity index (χ1v) is 8.75. The van der Waals surface area contributed by atoms with Crippen LogP contribution in [0.3, 0.4) is 0 Å². The van der Waals surface area contributed by atoms with Gasteiger partial charge in [0, 0.05) is 49.7 Å². The van der Waals surface area contributed by atoms with Crippen molar-refractivity contribution in [2.75, 3.05) is 20.2 Å². The molecule has 0 aliphatic carbocycles. The fraction of sp³-hybridized carbons (Fsp3) is 0.316. The van der Waals surface area contributed by atoms with Crippen molar-refractivity contribution in [2.24, 2.45) is 5.92 Å². The van der Waals surface area contributed by atoms with Gasteiger partial charge in [0.15, 0.2) is 5.82 Å². The number of methoxy groups -OCH3 is 1. The van der Waals surface area contributed by atoms with E-state index in [4.69, 9.17) is 9.26 Å². The third kappa shape index (κ3) is 3.79. The first-order chi connectivity index (χ1) is 13.2. The lowest BCUT2D eigenvalue weighted by Gasteiger charge is -2.16. The van der Waals surface area contributed by atoms with Crippen LogP contribution in [0.15, 0.2) is 47.4 Å². The highest BCUT2D eigenvalue weighted by molar-refractivity contribution is 5.94. The zero-order valence-corrected chi connectivity index (χ0v) is 14.9. The van der Waals surface area contributed by atoms with E-state index in [9.17, 15) is 4.79 Å². The maximum atomic E-state index is 12.6. The Labute approximate surface area is 156 Å². The van der Waals surface area contributed by atoms with Crippen LogP contribution in [0.4, 0.5) is 0 Å². The Balaban J connectivity index is 1.37. The minimum Gasteiger partial charge on any atom is -0.481 e. The first kappa shape index (κ1) is 17.1. The van der Waals surface area contributed by atoms with E-state index in [0.29, 0.717) is 48.6 Å².